The third-order valence-electron chi connectivity index (χ3n) is 6.48. The molecule has 2 atom stereocenters. The van der Waals surface area contributed by atoms with E-state index >= 15 is 0 Å². The predicted octanol–water partition coefficient (Wildman–Crippen LogP) is 3.63. The fourth-order valence-electron chi connectivity index (χ4n) is 4.84. The molecule has 3 aliphatic rings. The van der Waals surface area contributed by atoms with E-state index in [4.69, 9.17) is 0 Å². The van der Waals surface area contributed by atoms with E-state index in [0.717, 1.165) is 44.6 Å². The van der Waals surface area contributed by atoms with E-state index in [-0.39, 0.29) is 34.6 Å². The van der Waals surface area contributed by atoms with Crippen molar-refractivity contribution >= 4 is 11.6 Å². The minimum atomic E-state index is -0.202. The molecule has 3 N–H and O–H groups in total. The van der Waals surface area contributed by atoms with Crippen LogP contribution in [0, 0.1) is 17.3 Å². The molecular formula is C24H38FN3O2. The van der Waals surface area contributed by atoms with Gasteiger partial charge in [0.1, 0.15) is 5.83 Å². The molecule has 0 spiro atoms. The summed E-state index contributed by atoms with van der Waals surface area (Å²) in [6.07, 6.45) is 11.0. The summed E-state index contributed by atoms with van der Waals surface area (Å²) in [5.41, 5.74) is 2.35. The number of carbonyl (C=O) groups excluding carboxylic acids is 1. The van der Waals surface area contributed by atoms with Crippen LogP contribution in [0.3, 0.4) is 0 Å². The number of hydrogen-bond donors (Lipinski definition) is 1. The van der Waals surface area contributed by atoms with E-state index in [1.807, 2.05) is 11.0 Å². The minimum Gasteiger partial charge on any atom is -0.412 e. The SMILES string of the molecule is CC(C)[C@@H](NCC1=NCCC=C1)C(=O)N1CCC(C2=CC=C(F)CC2)C(C)(C)C1.O. The van der Waals surface area contributed by atoms with Crippen molar-refractivity contribution < 1.29 is 14.7 Å². The van der Waals surface area contributed by atoms with E-state index in [9.17, 15) is 9.18 Å². The second-order valence-electron chi connectivity index (χ2n) is 9.61. The van der Waals surface area contributed by atoms with Crippen LogP contribution in [-0.2, 0) is 4.79 Å². The van der Waals surface area contributed by atoms with E-state index in [1.54, 1.807) is 6.08 Å². The molecule has 1 aliphatic carbocycles. The molecule has 168 valence electrons. The van der Waals surface area contributed by atoms with Crippen molar-refractivity contribution in [3.05, 3.63) is 35.7 Å². The lowest BCUT2D eigenvalue weighted by atomic mass is 9.68. The van der Waals surface area contributed by atoms with Gasteiger partial charge in [0.2, 0.25) is 5.91 Å². The van der Waals surface area contributed by atoms with Crippen LogP contribution in [0.15, 0.2) is 40.7 Å². The van der Waals surface area contributed by atoms with Crippen molar-refractivity contribution in [2.45, 2.75) is 59.4 Å². The zero-order valence-corrected chi connectivity index (χ0v) is 18.9. The maximum absolute atomic E-state index is 13.4. The Bertz CT molecular complexity index is 737. The standard InChI is InChI=1S/C24H36FN3O.H2O/c1-17(2)22(27-15-20-7-5-6-13-26-20)23(29)28-14-12-21(24(3,4)16-28)18-8-10-19(25)11-9-18;/h5,7-8,10,17,21-22,27H,6,9,11-16H2,1-4H3;1H2/t21?,22-;/m1./s1. The Kier molecular flexibility index (Phi) is 8.56. The summed E-state index contributed by atoms with van der Waals surface area (Å²) < 4.78 is 13.4. The van der Waals surface area contributed by atoms with Gasteiger partial charge in [-0.15, -0.1) is 0 Å². The topological polar surface area (TPSA) is 76.2 Å². The fourth-order valence-corrected chi connectivity index (χ4v) is 4.84. The van der Waals surface area contributed by atoms with Crippen LogP contribution < -0.4 is 5.32 Å². The first kappa shape index (κ1) is 24.5. The summed E-state index contributed by atoms with van der Waals surface area (Å²) in [6, 6.07) is -0.202. The van der Waals surface area contributed by atoms with Gasteiger partial charge in [-0.05, 0) is 48.7 Å². The zero-order valence-electron chi connectivity index (χ0n) is 18.9. The van der Waals surface area contributed by atoms with Crippen molar-refractivity contribution in [3.63, 3.8) is 0 Å². The lowest BCUT2D eigenvalue weighted by Gasteiger charge is -2.46. The molecule has 0 aromatic carbocycles. The van der Waals surface area contributed by atoms with Gasteiger partial charge >= 0.3 is 0 Å². The quantitative estimate of drug-likeness (QED) is 0.714. The van der Waals surface area contributed by atoms with Gasteiger partial charge in [-0.3, -0.25) is 15.1 Å². The number of dihydropyridines is 1. The minimum absolute atomic E-state index is 0. The number of rotatable bonds is 6. The molecule has 5 nitrogen and oxygen atoms in total. The Morgan fingerprint density at radius 3 is 2.67 bits per heavy atom. The van der Waals surface area contributed by atoms with E-state index < -0.39 is 0 Å². The highest BCUT2D eigenvalue weighted by Gasteiger charge is 2.41. The number of likely N-dealkylation sites (tertiary alicyclic amines) is 1. The Morgan fingerprint density at radius 1 is 1.33 bits per heavy atom. The molecule has 2 aliphatic heterocycles. The Morgan fingerprint density at radius 2 is 2.10 bits per heavy atom. The molecule has 3 rings (SSSR count). The summed E-state index contributed by atoms with van der Waals surface area (Å²) in [5, 5.41) is 3.46. The Labute approximate surface area is 180 Å². The number of hydrogen-bond acceptors (Lipinski definition) is 3. The van der Waals surface area contributed by atoms with Gasteiger partial charge in [0.25, 0.3) is 0 Å². The van der Waals surface area contributed by atoms with Crippen LogP contribution >= 0.6 is 0 Å². The molecule has 0 saturated carbocycles. The number of halogens is 1. The maximum Gasteiger partial charge on any atom is 0.239 e. The van der Waals surface area contributed by atoms with Crippen LogP contribution in [-0.4, -0.2) is 54.2 Å². The molecule has 1 fully saturated rings. The van der Waals surface area contributed by atoms with Gasteiger partial charge in [0, 0.05) is 38.3 Å². The third-order valence-corrected chi connectivity index (χ3v) is 6.48. The van der Waals surface area contributed by atoms with Crippen molar-refractivity contribution in [2.24, 2.45) is 22.2 Å². The molecule has 6 heteroatoms. The average molecular weight is 420 g/mol. The third kappa shape index (κ3) is 5.88. The van der Waals surface area contributed by atoms with Gasteiger partial charge in [0.05, 0.1) is 6.04 Å². The lowest BCUT2D eigenvalue weighted by molar-refractivity contribution is -0.138. The first-order valence-electron chi connectivity index (χ1n) is 11.0. The number of carbonyl (C=O) groups is 1. The molecule has 0 aromatic rings. The molecule has 0 aromatic heterocycles. The summed E-state index contributed by atoms with van der Waals surface area (Å²) in [4.78, 5) is 19.9. The number of amides is 1. The molecule has 30 heavy (non-hydrogen) atoms. The highest BCUT2D eigenvalue weighted by Crippen LogP contribution is 2.42. The first-order valence-corrected chi connectivity index (χ1v) is 11.0. The monoisotopic (exact) mass is 419 g/mol. The summed E-state index contributed by atoms with van der Waals surface area (Å²) in [6.45, 7) is 11.7. The smallest absolute Gasteiger partial charge is 0.239 e. The van der Waals surface area contributed by atoms with Crippen LogP contribution in [0.2, 0.25) is 0 Å². The maximum atomic E-state index is 13.4. The van der Waals surface area contributed by atoms with E-state index in [2.05, 4.69) is 50.2 Å². The fraction of sp³-hybridized carbons (Fsp3) is 0.667. The van der Waals surface area contributed by atoms with Crippen molar-refractivity contribution in [1.29, 1.82) is 0 Å². The van der Waals surface area contributed by atoms with Gasteiger partial charge < -0.3 is 10.4 Å². The summed E-state index contributed by atoms with van der Waals surface area (Å²) in [5.74, 6) is 0.784. The van der Waals surface area contributed by atoms with Gasteiger partial charge in [0.15, 0.2) is 0 Å². The van der Waals surface area contributed by atoms with Crippen molar-refractivity contribution in [1.82, 2.24) is 10.2 Å². The van der Waals surface area contributed by atoms with Gasteiger partial charge in [-0.2, -0.15) is 0 Å². The number of piperidine rings is 1. The highest BCUT2D eigenvalue weighted by molar-refractivity contribution is 5.97. The second kappa shape index (κ2) is 10.5. The lowest BCUT2D eigenvalue weighted by Crippen LogP contribution is -2.56. The van der Waals surface area contributed by atoms with Gasteiger partial charge in [-0.25, -0.2) is 4.39 Å². The molecule has 1 saturated heterocycles. The summed E-state index contributed by atoms with van der Waals surface area (Å²) >= 11 is 0. The largest absolute Gasteiger partial charge is 0.412 e. The number of nitrogens with one attached hydrogen (secondary N) is 1. The molecule has 1 unspecified atom stereocenters. The second-order valence-corrected chi connectivity index (χ2v) is 9.61. The molecule has 0 bridgehead atoms. The van der Waals surface area contributed by atoms with Crippen molar-refractivity contribution in [2.75, 3.05) is 26.2 Å². The highest BCUT2D eigenvalue weighted by atomic mass is 19.1. The van der Waals surface area contributed by atoms with Crippen LogP contribution in [0.1, 0.15) is 53.4 Å². The normalized spacial score (nSPS) is 24.5. The predicted molar refractivity (Wildman–Crippen MR) is 121 cm³/mol. The zero-order chi connectivity index (χ0) is 21.0. The Hall–Kier alpha value is -1.79. The van der Waals surface area contributed by atoms with Crippen LogP contribution in [0.5, 0.6) is 0 Å². The Balaban J connectivity index is 0.00000320. The summed E-state index contributed by atoms with van der Waals surface area (Å²) in [7, 11) is 0. The van der Waals surface area contributed by atoms with E-state index in [1.165, 1.54) is 5.57 Å². The molecule has 0 radical (unpaired) electrons. The molecular weight excluding hydrogens is 381 g/mol. The van der Waals surface area contributed by atoms with Gasteiger partial charge in [-0.1, -0.05) is 45.4 Å². The average Bonchev–Trinajstić information content (AvgIpc) is 2.68. The van der Waals surface area contributed by atoms with Crippen LogP contribution in [0.4, 0.5) is 4.39 Å². The molecule has 2 heterocycles. The number of allylic oxidation sites excluding steroid dienone is 4. The number of aliphatic imine (C=N–C) groups is 1. The van der Waals surface area contributed by atoms with E-state index in [0.29, 0.717) is 18.9 Å². The number of nitrogens with zero attached hydrogens (tertiary/aromatic N) is 2. The molecule has 1 amide bonds. The van der Waals surface area contributed by atoms with Crippen LogP contribution in [0.25, 0.3) is 0 Å². The first-order chi connectivity index (χ1) is 13.8. The van der Waals surface area contributed by atoms with Crippen molar-refractivity contribution in [3.8, 4) is 0 Å².